The molecule has 0 aromatic rings. The molecule has 0 rings (SSSR count). The van der Waals surface area contributed by atoms with Crippen LogP contribution in [-0.2, 0) is 28.5 Å². The maximum atomic E-state index is 11.0. The van der Waals surface area contributed by atoms with Crippen molar-refractivity contribution < 1.29 is 28.5 Å². The second kappa shape index (κ2) is 23.3. The Morgan fingerprint density at radius 1 is 0.731 bits per heavy atom. The summed E-state index contributed by atoms with van der Waals surface area (Å²) in [6, 6.07) is 0. The Balaban J connectivity index is 0. The number of hydrogen-bond donors (Lipinski definition) is 0. The molecule has 0 aromatic carbocycles. The molecule has 0 bridgehead atoms. The molecular formula is C20H36O6. The molecule has 6 nitrogen and oxygen atoms in total. The van der Waals surface area contributed by atoms with E-state index in [0.29, 0.717) is 45.7 Å². The van der Waals surface area contributed by atoms with Crippen LogP contribution in [0.15, 0.2) is 25.3 Å². The summed E-state index contributed by atoms with van der Waals surface area (Å²) in [5, 5.41) is 0. The van der Waals surface area contributed by atoms with Gasteiger partial charge >= 0.3 is 11.9 Å². The number of hydrogen-bond acceptors (Lipinski definition) is 6. The molecule has 26 heavy (non-hydrogen) atoms. The van der Waals surface area contributed by atoms with E-state index in [-0.39, 0.29) is 18.5 Å². The average molecular weight is 373 g/mol. The molecule has 0 radical (unpaired) electrons. The molecular weight excluding hydrogens is 336 g/mol. The molecule has 0 N–H and O–H groups in total. The molecule has 0 aromatic heterocycles. The van der Waals surface area contributed by atoms with Gasteiger partial charge in [0.05, 0.1) is 13.2 Å². The Kier molecular flexibility index (Phi) is 23.8. The van der Waals surface area contributed by atoms with E-state index in [1.165, 1.54) is 0 Å². The predicted octanol–water partition coefficient (Wildman–Crippen LogP) is 3.84. The molecule has 6 heteroatoms. The lowest BCUT2D eigenvalue weighted by Crippen LogP contribution is -2.06. The third kappa shape index (κ3) is 24.6. The molecule has 0 saturated carbocycles. The summed E-state index contributed by atoms with van der Waals surface area (Å²) in [4.78, 5) is 21.8. The van der Waals surface area contributed by atoms with Gasteiger partial charge in [0.15, 0.2) is 0 Å². The third-order valence-corrected chi connectivity index (χ3v) is 2.75. The molecule has 0 aliphatic carbocycles. The molecule has 152 valence electrons. The van der Waals surface area contributed by atoms with Crippen molar-refractivity contribution in [3.8, 4) is 0 Å². The second-order valence-corrected chi connectivity index (χ2v) is 5.38. The van der Waals surface area contributed by atoms with Gasteiger partial charge in [0.1, 0.15) is 6.61 Å². The molecule has 0 aliphatic rings. The van der Waals surface area contributed by atoms with Crippen LogP contribution in [0.5, 0.6) is 0 Å². The van der Waals surface area contributed by atoms with E-state index in [2.05, 4.69) is 20.1 Å². The normalized spacial score (nSPS) is 9.62. The molecule has 0 fully saturated rings. The van der Waals surface area contributed by atoms with Crippen LogP contribution in [0.25, 0.3) is 0 Å². The smallest absolute Gasteiger partial charge is 0.306 e. The van der Waals surface area contributed by atoms with Gasteiger partial charge in [-0.25, -0.2) is 0 Å². The van der Waals surface area contributed by atoms with Crippen LogP contribution in [-0.4, -0.2) is 51.6 Å². The van der Waals surface area contributed by atoms with Gasteiger partial charge in [0.2, 0.25) is 0 Å². The van der Waals surface area contributed by atoms with Crippen LogP contribution in [0.2, 0.25) is 0 Å². The minimum Gasteiger partial charge on any atom is -0.466 e. The summed E-state index contributed by atoms with van der Waals surface area (Å²) in [5.74, 6) is -0.316. The second-order valence-electron chi connectivity index (χ2n) is 5.38. The van der Waals surface area contributed by atoms with Crippen LogP contribution in [0.3, 0.4) is 0 Å². The highest BCUT2D eigenvalue weighted by atomic mass is 16.5. The first-order valence-corrected chi connectivity index (χ1v) is 9.30. The van der Waals surface area contributed by atoms with Crippen LogP contribution in [0, 0.1) is 0 Å². The summed E-state index contributed by atoms with van der Waals surface area (Å²) in [6.07, 6.45) is 7.46. The fourth-order valence-corrected chi connectivity index (χ4v) is 1.56. The number of esters is 2. The average Bonchev–Trinajstić information content (AvgIpc) is 2.65. The van der Waals surface area contributed by atoms with Crippen molar-refractivity contribution >= 4 is 11.9 Å². The lowest BCUT2D eigenvalue weighted by Gasteiger charge is -2.03. The molecule has 0 unspecified atom stereocenters. The van der Waals surface area contributed by atoms with Crippen molar-refractivity contribution in [2.75, 3.05) is 39.6 Å². The van der Waals surface area contributed by atoms with Gasteiger partial charge in [0.25, 0.3) is 0 Å². The standard InChI is InChI=1S/C10H20O3.C10H16O3/c2*1-3-7-12-9-5-6-10(11)13-8-4-2/h3-9H2,1-2H3;3-4H,1-2,5-9H2. The van der Waals surface area contributed by atoms with Crippen molar-refractivity contribution in [3.63, 3.8) is 0 Å². The number of carbonyl (C=O) groups excluding carboxylic acids is 2. The van der Waals surface area contributed by atoms with Gasteiger partial charge < -0.3 is 18.9 Å². The Morgan fingerprint density at radius 3 is 1.81 bits per heavy atom. The Hall–Kier alpha value is -1.66. The molecule has 0 heterocycles. The maximum absolute atomic E-state index is 11.0. The molecule has 0 aliphatic heterocycles. The van der Waals surface area contributed by atoms with Gasteiger partial charge in [-0.1, -0.05) is 32.6 Å². The van der Waals surface area contributed by atoms with E-state index in [0.717, 1.165) is 25.9 Å². The highest BCUT2D eigenvalue weighted by Gasteiger charge is 2.01. The molecule has 0 spiro atoms. The van der Waals surface area contributed by atoms with E-state index in [9.17, 15) is 9.59 Å². The SMILES string of the molecule is C=CCOCCCC(=O)OCC=C.CCCOCCCC(=O)OCCC. The zero-order valence-corrected chi connectivity index (χ0v) is 16.5. The first-order valence-electron chi connectivity index (χ1n) is 9.30. The minimum atomic E-state index is -0.206. The fourth-order valence-electron chi connectivity index (χ4n) is 1.56. The number of rotatable bonds is 16. The van der Waals surface area contributed by atoms with E-state index in [1.807, 2.05) is 6.92 Å². The van der Waals surface area contributed by atoms with Crippen LogP contribution in [0.1, 0.15) is 52.4 Å². The highest BCUT2D eigenvalue weighted by Crippen LogP contribution is 1.95. The Labute approximate surface area is 158 Å². The van der Waals surface area contributed by atoms with Crippen LogP contribution in [0.4, 0.5) is 0 Å². The lowest BCUT2D eigenvalue weighted by atomic mass is 10.3. The monoisotopic (exact) mass is 372 g/mol. The Morgan fingerprint density at radius 2 is 1.27 bits per heavy atom. The number of carbonyl (C=O) groups is 2. The highest BCUT2D eigenvalue weighted by molar-refractivity contribution is 5.69. The first-order chi connectivity index (χ1) is 12.6. The van der Waals surface area contributed by atoms with Gasteiger partial charge in [-0.15, -0.1) is 6.58 Å². The molecule has 0 atom stereocenters. The van der Waals surface area contributed by atoms with Crippen molar-refractivity contribution in [1.29, 1.82) is 0 Å². The maximum Gasteiger partial charge on any atom is 0.306 e. The van der Waals surface area contributed by atoms with Crippen molar-refractivity contribution in [3.05, 3.63) is 25.3 Å². The van der Waals surface area contributed by atoms with Crippen molar-refractivity contribution in [2.45, 2.75) is 52.4 Å². The lowest BCUT2D eigenvalue weighted by molar-refractivity contribution is -0.144. The minimum absolute atomic E-state index is 0.109. The first kappa shape index (κ1) is 26.6. The van der Waals surface area contributed by atoms with Crippen molar-refractivity contribution in [2.24, 2.45) is 0 Å². The van der Waals surface area contributed by atoms with E-state index in [4.69, 9.17) is 18.9 Å². The summed E-state index contributed by atoms with van der Waals surface area (Å²) in [5.41, 5.74) is 0. The molecule has 0 saturated heterocycles. The van der Waals surface area contributed by atoms with Crippen LogP contribution >= 0.6 is 0 Å². The quantitative estimate of drug-likeness (QED) is 0.233. The van der Waals surface area contributed by atoms with E-state index >= 15 is 0 Å². The zero-order chi connectivity index (χ0) is 19.9. The summed E-state index contributed by atoms with van der Waals surface area (Å²) >= 11 is 0. The van der Waals surface area contributed by atoms with Crippen molar-refractivity contribution in [1.82, 2.24) is 0 Å². The van der Waals surface area contributed by atoms with Gasteiger partial charge in [0, 0.05) is 32.7 Å². The van der Waals surface area contributed by atoms with Crippen LogP contribution < -0.4 is 0 Å². The van der Waals surface area contributed by atoms with Gasteiger partial charge in [-0.05, 0) is 25.7 Å². The third-order valence-electron chi connectivity index (χ3n) is 2.75. The largest absolute Gasteiger partial charge is 0.466 e. The zero-order valence-electron chi connectivity index (χ0n) is 16.5. The topological polar surface area (TPSA) is 71.1 Å². The predicted molar refractivity (Wildman–Crippen MR) is 103 cm³/mol. The molecule has 0 amide bonds. The van der Waals surface area contributed by atoms with Gasteiger partial charge in [-0.2, -0.15) is 0 Å². The Bertz CT molecular complexity index is 354. The van der Waals surface area contributed by atoms with E-state index in [1.54, 1.807) is 12.2 Å². The fraction of sp³-hybridized carbons (Fsp3) is 0.700. The summed E-state index contributed by atoms with van der Waals surface area (Å²) in [6.45, 7) is 14.4. The number of ether oxygens (including phenoxy) is 4. The van der Waals surface area contributed by atoms with E-state index < -0.39 is 0 Å². The van der Waals surface area contributed by atoms with Gasteiger partial charge in [-0.3, -0.25) is 9.59 Å². The summed E-state index contributed by atoms with van der Waals surface area (Å²) < 4.78 is 20.0. The summed E-state index contributed by atoms with van der Waals surface area (Å²) in [7, 11) is 0.